The average molecular weight is 363 g/mol. The van der Waals surface area contributed by atoms with Gasteiger partial charge in [-0.15, -0.1) is 0 Å². The van der Waals surface area contributed by atoms with Crippen LogP contribution >= 0.6 is 0 Å². The van der Waals surface area contributed by atoms with Crippen LogP contribution in [0.5, 0.6) is 5.75 Å². The zero-order valence-corrected chi connectivity index (χ0v) is 13.9. The molecule has 0 fully saturated rings. The highest BCUT2D eigenvalue weighted by molar-refractivity contribution is 5.81. The van der Waals surface area contributed by atoms with Crippen molar-refractivity contribution in [2.75, 3.05) is 7.11 Å². The van der Waals surface area contributed by atoms with Crippen LogP contribution < -0.4 is 10.1 Å². The quantitative estimate of drug-likeness (QED) is 0.756. The molecule has 5 nitrogen and oxygen atoms in total. The third kappa shape index (κ3) is 3.63. The maximum atomic E-state index is 13.3. The normalized spacial score (nSPS) is 11.5. The second kappa shape index (κ2) is 7.07. The standard InChI is InChI=1S/C18H16F3N3O2/c1-26-15-9-5-2-6-12(15)10-22-16(25)11-24-14-8-4-3-7-13(14)23-17(24)18(19,20)21/h2-9H,10-11H2,1H3,(H,22,25). The summed E-state index contributed by atoms with van der Waals surface area (Å²) in [7, 11) is 1.51. The van der Waals surface area contributed by atoms with Crippen molar-refractivity contribution in [3.8, 4) is 5.75 Å². The number of alkyl halides is 3. The Bertz CT molecular complexity index is 935. The Labute approximate surface area is 147 Å². The molecule has 3 rings (SSSR count). The van der Waals surface area contributed by atoms with Crippen LogP contribution in [-0.2, 0) is 24.1 Å². The summed E-state index contributed by atoms with van der Waals surface area (Å²) in [5.41, 5.74) is 1.18. The fraction of sp³-hybridized carbons (Fsp3) is 0.222. The van der Waals surface area contributed by atoms with E-state index in [1.165, 1.54) is 19.2 Å². The predicted octanol–water partition coefficient (Wildman–Crippen LogP) is 3.38. The summed E-state index contributed by atoms with van der Waals surface area (Å²) in [5.74, 6) is -1.05. The van der Waals surface area contributed by atoms with E-state index in [2.05, 4.69) is 10.3 Å². The minimum absolute atomic E-state index is 0.150. The zero-order chi connectivity index (χ0) is 18.7. The van der Waals surface area contributed by atoms with E-state index in [-0.39, 0.29) is 17.6 Å². The van der Waals surface area contributed by atoms with Gasteiger partial charge in [0.15, 0.2) is 0 Å². The number of halogens is 3. The second-order valence-electron chi connectivity index (χ2n) is 5.60. The van der Waals surface area contributed by atoms with Crippen LogP contribution in [0.2, 0.25) is 0 Å². The van der Waals surface area contributed by atoms with Crippen molar-refractivity contribution in [3.05, 3.63) is 59.9 Å². The van der Waals surface area contributed by atoms with Crippen LogP contribution in [0.15, 0.2) is 48.5 Å². The van der Waals surface area contributed by atoms with E-state index >= 15 is 0 Å². The molecule has 0 atom stereocenters. The minimum Gasteiger partial charge on any atom is -0.496 e. The van der Waals surface area contributed by atoms with Crippen molar-refractivity contribution in [2.45, 2.75) is 19.3 Å². The highest BCUT2D eigenvalue weighted by Gasteiger charge is 2.37. The minimum atomic E-state index is -4.65. The number of ether oxygens (including phenoxy) is 1. The lowest BCUT2D eigenvalue weighted by Crippen LogP contribution is -2.29. The molecule has 1 amide bonds. The van der Waals surface area contributed by atoms with Crippen molar-refractivity contribution in [2.24, 2.45) is 0 Å². The molecule has 2 aromatic carbocycles. The third-order valence-corrected chi connectivity index (χ3v) is 3.88. The number of fused-ring (bicyclic) bond motifs is 1. The third-order valence-electron chi connectivity index (χ3n) is 3.88. The summed E-state index contributed by atoms with van der Waals surface area (Å²) in [4.78, 5) is 15.9. The molecular formula is C18H16F3N3O2. The van der Waals surface area contributed by atoms with Gasteiger partial charge in [-0.25, -0.2) is 4.98 Å². The molecule has 0 aliphatic heterocycles. The van der Waals surface area contributed by atoms with E-state index in [0.29, 0.717) is 5.75 Å². The summed E-state index contributed by atoms with van der Waals surface area (Å²) < 4.78 is 45.8. The molecule has 1 N–H and O–H groups in total. The smallest absolute Gasteiger partial charge is 0.449 e. The topological polar surface area (TPSA) is 56.1 Å². The SMILES string of the molecule is COc1ccccc1CNC(=O)Cn1c(C(F)(F)F)nc2ccccc21. The van der Waals surface area contributed by atoms with E-state index in [0.717, 1.165) is 10.1 Å². The molecule has 3 aromatic rings. The largest absolute Gasteiger partial charge is 0.496 e. The van der Waals surface area contributed by atoms with Gasteiger partial charge in [0.25, 0.3) is 0 Å². The van der Waals surface area contributed by atoms with Crippen LogP contribution in [0, 0.1) is 0 Å². The molecule has 0 radical (unpaired) electrons. The van der Waals surface area contributed by atoms with Gasteiger partial charge in [0, 0.05) is 12.1 Å². The maximum absolute atomic E-state index is 13.3. The van der Waals surface area contributed by atoms with Gasteiger partial charge in [0.1, 0.15) is 12.3 Å². The van der Waals surface area contributed by atoms with Crippen LogP contribution in [-0.4, -0.2) is 22.6 Å². The van der Waals surface area contributed by atoms with Gasteiger partial charge in [-0.1, -0.05) is 30.3 Å². The first-order valence-electron chi connectivity index (χ1n) is 7.81. The molecule has 0 saturated carbocycles. The first-order chi connectivity index (χ1) is 12.4. The lowest BCUT2D eigenvalue weighted by Gasteiger charge is -2.13. The number of carbonyl (C=O) groups is 1. The molecule has 8 heteroatoms. The van der Waals surface area contributed by atoms with Gasteiger partial charge in [0.05, 0.1) is 18.1 Å². The number of nitrogens with one attached hydrogen (secondary N) is 1. The molecule has 0 bridgehead atoms. The molecule has 0 saturated heterocycles. The monoisotopic (exact) mass is 363 g/mol. The summed E-state index contributed by atoms with van der Waals surface area (Å²) >= 11 is 0. The number of hydrogen-bond donors (Lipinski definition) is 1. The first kappa shape index (κ1) is 17.8. The van der Waals surface area contributed by atoms with Gasteiger partial charge < -0.3 is 14.6 Å². The van der Waals surface area contributed by atoms with E-state index in [9.17, 15) is 18.0 Å². The Morgan fingerprint density at radius 2 is 1.85 bits per heavy atom. The number of methoxy groups -OCH3 is 1. The predicted molar refractivity (Wildman–Crippen MR) is 89.6 cm³/mol. The average Bonchev–Trinajstić information content (AvgIpc) is 2.99. The number of imidazole rings is 1. The summed E-state index contributed by atoms with van der Waals surface area (Å²) in [6.45, 7) is -0.332. The van der Waals surface area contributed by atoms with Gasteiger partial charge in [0.2, 0.25) is 11.7 Å². The molecule has 0 unspecified atom stereocenters. The molecule has 1 heterocycles. The van der Waals surface area contributed by atoms with Crippen molar-refractivity contribution in [3.63, 3.8) is 0 Å². The Balaban J connectivity index is 1.81. The number of amides is 1. The Hall–Kier alpha value is -3.03. The number of hydrogen-bond acceptors (Lipinski definition) is 3. The number of benzene rings is 2. The van der Waals surface area contributed by atoms with Crippen molar-refractivity contribution >= 4 is 16.9 Å². The van der Waals surface area contributed by atoms with E-state index < -0.39 is 24.5 Å². The molecule has 0 spiro atoms. The number of rotatable bonds is 5. The fourth-order valence-corrected chi connectivity index (χ4v) is 2.69. The summed E-state index contributed by atoms with van der Waals surface area (Å²) in [6.07, 6.45) is -4.65. The van der Waals surface area contributed by atoms with E-state index in [4.69, 9.17) is 4.74 Å². The number of aromatic nitrogens is 2. The molecule has 0 aliphatic rings. The summed E-state index contributed by atoms with van der Waals surface area (Å²) in [6, 6.07) is 13.3. The highest BCUT2D eigenvalue weighted by Crippen LogP contribution is 2.31. The van der Waals surface area contributed by atoms with Gasteiger partial charge in [-0.3, -0.25) is 4.79 Å². The second-order valence-corrected chi connectivity index (χ2v) is 5.60. The Kier molecular flexibility index (Phi) is 4.83. The molecule has 1 aromatic heterocycles. The number of carbonyl (C=O) groups excluding carboxylic acids is 1. The van der Waals surface area contributed by atoms with Gasteiger partial charge in [-0.05, 0) is 18.2 Å². The van der Waals surface area contributed by atoms with Crippen LogP contribution in [0.1, 0.15) is 11.4 Å². The molecule has 0 aliphatic carbocycles. The lowest BCUT2D eigenvalue weighted by atomic mass is 10.2. The number of para-hydroxylation sites is 3. The van der Waals surface area contributed by atoms with Crippen LogP contribution in [0.4, 0.5) is 13.2 Å². The maximum Gasteiger partial charge on any atom is 0.449 e. The fourth-order valence-electron chi connectivity index (χ4n) is 2.69. The van der Waals surface area contributed by atoms with E-state index in [1.54, 1.807) is 36.4 Å². The van der Waals surface area contributed by atoms with Crippen LogP contribution in [0.3, 0.4) is 0 Å². The molecular weight excluding hydrogens is 347 g/mol. The Morgan fingerprint density at radius 3 is 2.58 bits per heavy atom. The highest BCUT2D eigenvalue weighted by atomic mass is 19.4. The zero-order valence-electron chi connectivity index (χ0n) is 13.9. The van der Waals surface area contributed by atoms with Crippen molar-refractivity contribution in [1.82, 2.24) is 14.9 Å². The summed E-state index contributed by atoms with van der Waals surface area (Å²) in [5, 5.41) is 2.62. The Morgan fingerprint density at radius 1 is 1.15 bits per heavy atom. The molecule has 136 valence electrons. The van der Waals surface area contributed by atoms with Gasteiger partial charge in [-0.2, -0.15) is 13.2 Å². The first-order valence-corrected chi connectivity index (χ1v) is 7.81. The van der Waals surface area contributed by atoms with Crippen LogP contribution in [0.25, 0.3) is 11.0 Å². The lowest BCUT2D eigenvalue weighted by molar-refractivity contribution is -0.147. The molecule has 26 heavy (non-hydrogen) atoms. The van der Waals surface area contributed by atoms with E-state index in [1.807, 2.05) is 0 Å². The van der Waals surface area contributed by atoms with Gasteiger partial charge >= 0.3 is 6.18 Å². The van der Waals surface area contributed by atoms with Crippen molar-refractivity contribution < 1.29 is 22.7 Å². The number of nitrogens with zero attached hydrogens (tertiary/aromatic N) is 2. The van der Waals surface area contributed by atoms with Crippen molar-refractivity contribution in [1.29, 1.82) is 0 Å².